The van der Waals surface area contributed by atoms with Gasteiger partial charge in [-0.15, -0.1) is 0 Å². The summed E-state index contributed by atoms with van der Waals surface area (Å²) in [5.74, 6) is -2.64. The quantitative estimate of drug-likeness (QED) is 0.233. The standard InChI is InChI=1S/C6H12O7.C5H11NO2/c7-1-2(8)3(9)4(10)5(11)6(12)13;1-3(2)4(6)5(7)8/h2-5,7-11H,1H2,(H,12,13);3-4H,6H2,1-2H3,(H,7,8)/t2-,3-,4+,5-;4-/m10/s1. The lowest BCUT2D eigenvalue weighted by Crippen LogP contribution is -2.48. The lowest BCUT2D eigenvalue weighted by Gasteiger charge is -2.23. The first-order valence-corrected chi connectivity index (χ1v) is 6.01. The molecule has 0 aromatic carbocycles. The molecule has 0 saturated carbocycles. The van der Waals surface area contributed by atoms with Crippen LogP contribution in [0.1, 0.15) is 13.8 Å². The highest BCUT2D eigenvalue weighted by Crippen LogP contribution is 2.04. The number of nitrogens with two attached hydrogens (primary N) is 1. The van der Waals surface area contributed by atoms with E-state index in [1.807, 2.05) is 0 Å². The first kappa shape index (κ1) is 22.0. The van der Waals surface area contributed by atoms with E-state index < -0.39 is 49.0 Å². The third-order valence-corrected chi connectivity index (χ3v) is 2.51. The van der Waals surface area contributed by atoms with E-state index in [0.717, 1.165) is 0 Å². The Hall–Kier alpha value is -1.30. The number of carbonyl (C=O) groups is 2. The maximum absolute atomic E-state index is 10.1. The molecule has 0 heterocycles. The van der Waals surface area contributed by atoms with Crippen molar-refractivity contribution in [3.05, 3.63) is 0 Å². The SMILES string of the molecule is CC(C)[C@H](N)C(=O)O.O=C(O)[C@H](O)[C@@H](O)[C@H](O)[C@H](O)CO. The van der Waals surface area contributed by atoms with E-state index in [1.165, 1.54) is 0 Å². The van der Waals surface area contributed by atoms with Gasteiger partial charge >= 0.3 is 11.9 Å². The van der Waals surface area contributed by atoms with Gasteiger partial charge < -0.3 is 41.5 Å². The second kappa shape index (κ2) is 10.4. The van der Waals surface area contributed by atoms with Crippen molar-refractivity contribution in [1.29, 1.82) is 0 Å². The molecule has 0 unspecified atom stereocenters. The average Bonchev–Trinajstić information content (AvgIpc) is 2.43. The van der Waals surface area contributed by atoms with Crippen molar-refractivity contribution in [3.63, 3.8) is 0 Å². The monoisotopic (exact) mass is 313 g/mol. The Labute approximate surface area is 121 Å². The van der Waals surface area contributed by atoms with E-state index in [2.05, 4.69) is 0 Å². The molecule has 0 aromatic rings. The number of aliphatic hydroxyl groups is 5. The number of hydrogen-bond acceptors (Lipinski definition) is 8. The molecule has 21 heavy (non-hydrogen) atoms. The number of aliphatic carboxylic acids is 2. The van der Waals surface area contributed by atoms with Crippen molar-refractivity contribution in [2.45, 2.75) is 44.3 Å². The summed E-state index contributed by atoms with van der Waals surface area (Å²) >= 11 is 0. The van der Waals surface area contributed by atoms with E-state index in [-0.39, 0.29) is 5.92 Å². The van der Waals surface area contributed by atoms with E-state index in [1.54, 1.807) is 13.8 Å². The molecule has 9 N–H and O–H groups in total. The number of carboxylic acids is 2. The molecule has 10 nitrogen and oxygen atoms in total. The molecule has 0 fully saturated rings. The van der Waals surface area contributed by atoms with Crippen LogP contribution in [0, 0.1) is 5.92 Å². The Morgan fingerprint density at radius 1 is 0.952 bits per heavy atom. The number of hydrogen-bond donors (Lipinski definition) is 8. The largest absolute Gasteiger partial charge is 0.480 e. The molecule has 0 radical (unpaired) electrons. The zero-order chi connectivity index (χ0) is 17.3. The van der Waals surface area contributed by atoms with Crippen LogP contribution in [-0.2, 0) is 9.59 Å². The third kappa shape index (κ3) is 8.55. The van der Waals surface area contributed by atoms with Gasteiger partial charge in [0, 0.05) is 0 Å². The Bertz CT molecular complexity index is 323. The predicted molar refractivity (Wildman–Crippen MR) is 69.2 cm³/mol. The van der Waals surface area contributed by atoms with Crippen molar-refractivity contribution >= 4 is 11.9 Å². The summed E-state index contributed by atoms with van der Waals surface area (Å²) in [4.78, 5) is 20.1. The van der Waals surface area contributed by atoms with Crippen LogP contribution >= 0.6 is 0 Å². The molecular weight excluding hydrogens is 290 g/mol. The van der Waals surface area contributed by atoms with Gasteiger partial charge in [0.05, 0.1) is 6.61 Å². The number of rotatable bonds is 7. The van der Waals surface area contributed by atoms with E-state index in [0.29, 0.717) is 0 Å². The molecule has 0 saturated heterocycles. The summed E-state index contributed by atoms with van der Waals surface area (Å²) in [7, 11) is 0. The first-order chi connectivity index (χ1) is 9.47. The number of carboxylic acid groups (broad SMARTS) is 2. The number of aliphatic hydroxyl groups excluding tert-OH is 5. The normalized spacial score (nSPS) is 18.0. The van der Waals surface area contributed by atoms with Crippen molar-refractivity contribution in [2.75, 3.05) is 6.61 Å². The van der Waals surface area contributed by atoms with Crippen LogP contribution in [0.3, 0.4) is 0 Å². The molecule has 0 aliphatic carbocycles. The highest BCUT2D eigenvalue weighted by Gasteiger charge is 2.33. The summed E-state index contributed by atoms with van der Waals surface area (Å²) in [6.07, 6.45) is -7.84. The Morgan fingerprint density at radius 2 is 1.38 bits per heavy atom. The maximum Gasteiger partial charge on any atom is 0.335 e. The molecule has 0 aromatic heterocycles. The van der Waals surface area contributed by atoms with Crippen LogP contribution in [-0.4, -0.2) is 84.7 Å². The van der Waals surface area contributed by atoms with Gasteiger partial charge in [-0.05, 0) is 5.92 Å². The predicted octanol–water partition coefficient (Wildman–Crippen LogP) is -3.44. The summed E-state index contributed by atoms with van der Waals surface area (Å²) in [5, 5.41) is 60.0. The minimum atomic E-state index is -2.20. The topological polar surface area (TPSA) is 202 Å². The average molecular weight is 313 g/mol. The molecule has 0 aliphatic rings. The molecule has 0 spiro atoms. The first-order valence-electron chi connectivity index (χ1n) is 6.01. The van der Waals surface area contributed by atoms with E-state index >= 15 is 0 Å². The van der Waals surface area contributed by atoms with Gasteiger partial charge in [0.15, 0.2) is 6.10 Å². The highest BCUT2D eigenvalue weighted by molar-refractivity contribution is 5.73. The highest BCUT2D eigenvalue weighted by atomic mass is 16.4. The molecule has 5 atom stereocenters. The Morgan fingerprint density at radius 3 is 1.57 bits per heavy atom. The van der Waals surface area contributed by atoms with Gasteiger partial charge in [-0.2, -0.15) is 0 Å². The molecule has 0 amide bonds. The minimum Gasteiger partial charge on any atom is -0.480 e. The molecule has 10 heteroatoms. The van der Waals surface area contributed by atoms with Crippen molar-refractivity contribution in [3.8, 4) is 0 Å². The van der Waals surface area contributed by atoms with Gasteiger partial charge in [-0.3, -0.25) is 4.79 Å². The third-order valence-electron chi connectivity index (χ3n) is 2.51. The summed E-state index contributed by atoms with van der Waals surface area (Å²) in [6, 6.07) is -0.713. The minimum absolute atomic E-state index is 0.0208. The van der Waals surface area contributed by atoms with Gasteiger partial charge in [-0.1, -0.05) is 13.8 Å². The van der Waals surface area contributed by atoms with Crippen molar-refractivity contribution in [1.82, 2.24) is 0 Å². The fraction of sp³-hybridized carbons (Fsp3) is 0.818. The van der Waals surface area contributed by atoms with Crippen molar-refractivity contribution in [2.24, 2.45) is 11.7 Å². The van der Waals surface area contributed by atoms with E-state index in [4.69, 9.17) is 41.5 Å². The van der Waals surface area contributed by atoms with Crippen LogP contribution in [0.5, 0.6) is 0 Å². The lowest BCUT2D eigenvalue weighted by molar-refractivity contribution is -0.164. The van der Waals surface area contributed by atoms with Gasteiger partial charge in [0.25, 0.3) is 0 Å². The molecular formula is C11H23NO9. The van der Waals surface area contributed by atoms with Gasteiger partial charge in [-0.25, -0.2) is 4.79 Å². The zero-order valence-electron chi connectivity index (χ0n) is 11.7. The Balaban J connectivity index is 0. The molecule has 126 valence electrons. The van der Waals surface area contributed by atoms with Crippen molar-refractivity contribution < 1.29 is 45.3 Å². The van der Waals surface area contributed by atoms with Crippen LogP contribution in [0.25, 0.3) is 0 Å². The van der Waals surface area contributed by atoms with Crippen LogP contribution in [0.4, 0.5) is 0 Å². The maximum atomic E-state index is 10.1. The molecule has 0 bridgehead atoms. The van der Waals surface area contributed by atoms with Crippen LogP contribution in [0.2, 0.25) is 0 Å². The molecule has 0 aliphatic heterocycles. The van der Waals surface area contributed by atoms with Gasteiger partial charge in [0.1, 0.15) is 24.4 Å². The fourth-order valence-electron chi connectivity index (χ4n) is 0.954. The summed E-state index contributed by atoms with van der Waals surface area (Å²) < 4.78 is 0. The fourth-order valence-corrected chi connectivity index (χ4v) is 0.954. The second-order valence-electron chi connectivity index (χ2n) is 4.62. The molecule has 0 rings (SSSR count). The summed E-state index contributed by atoms with van der Waals surface area (Å²) in [6.45, 7) is 2.71. The smallest absolute Gasteiger partial charge is 0.335 e. The summed E-state index contributed by atoms with van der Waals surface area (Å²) in [5.41, 5.74) is 5.16. The Kier molecular flexibility index (Phi) is 10.9. The van der Waals surface area contributed by atoms with E-state index in [9.17, 15) is 9.59 Å². The van der Waals surface area contributed by atoms with Crippen LogP contribution in [0.15, 0.2) is 0 Å². The van der Waals surface area contributed by atoms with Crippen LogP contribution < -0.4 is 5.73 Å². The second-order valence-corrected chi connectivity index (χ2v) is 4.62. The lowest BCUT2D eigenvalue weighted by atomic mass is 10.0. The zero-order valence-corrected chi connectivity index (χ0v) is 11.7. The van der Waals surface area contributed by atoms with Gasteiger partial charge in [0.2, 0.25) is 0 Å².